The number of nitrogens with zero attached hydrogens (tertiary/aromatic N) is 2. The second kappa shape index (κ2) is 5.83. The Kier molecular flexibility index (Phi) is 4.15. The van der Waals surface area contributed by atoms with Gasteiger partial charge in [-0.3, -0.25) is 0 Å². The second-order valence-electron chi connectivity index (χ2n) is 4.13. The first kappa shape index (κ1) is 12.8. The van der Waals surface area contributed by atoms with E-state index in [9.17, 15) is 0 Å². The van der Waals surface area contributed by atoms with Gasteiger partial charge in [-0.2, -0.15) is 0 Å². The molecule has 0 aliphatic rings. The summed E-state index contributed by atoms with van der Waals surface area (Å²) in [6, 6.07) is 9.78. The highest BCUT2D eigenvalue weighted by molar-refractivity contribution is 6.30. The minimum Gasteiger partial charge on any atom is -0.366 e. The van der Waals surface area contributed by atoms with Gasteiger partial charge in [-0.15, -0.1) is 0 Å². The molecule has 0 aliphatic heterocycles. The molecule has 0 unspecified atom stereocenters. The number of anilines is 1. The summed E-state index contributed by atoms with van der Waals surface area (Å²) < 4.78 is 0. The van der Waals surface area contributed by atoms with E-state index in [-0.39, 0.29) is 0 Å². The average Bonchev–Trinajstić information content (AvgIpc) is 2.36. The zero-order valence-electron chi connectivity index (χ0n) is 10.6. The molecule has 2 rings (SSSR count). The van der Waals surface area contributed by atoms with Crippen LogP contribution in [0.4, 0.5) is 5.82 Å². The summed E-state index contributed by atoms with van der Waals surface area (Å²) in [6.07, 6.45) is 0.912. The Balaban J connectivity index is 2.08. The molecule has 3 nitrogen and oxygen atoms in total. The summed E-state index contributed by atoms with van der Waals surface area (Å²) in [4.78, 5) is 8.71. The maximum absolute atomic E-state index is 5.95. The number of benzene rings is 1. The molecule has 0 bridgehead atoms. The molecular weight excluding hydrogens is 246 g/mol. The first-order valence-electron chi connectivity index (χ1n) is 6.00. The first-order valence-corrected chi connectivity index (χ1v) is 6.38. The average molecular weight is 262 g/mol. The molecule has 1 aromatic heterocycles. The van der Waals surface area contributed by atoms with Crippen molar-refractivity contribution in [2.45, 2.75) is 26.8 Å². The van der Waals surface area contributed by atoms with Crippen LogP contribution in [0.3, 0.4) is 0 Å². The number of hydrogen-bond acceptors (Lipinski definition) is 3. The van der Waals surface area contributed by atoms with Crippen LogP contribution in [-0.2, 0) is 13.0 Å². The van der Waals surface area contributed by atoms with Gasteiger partial charge in [-0.25, -0.2) is 9.97 Å². The highest BCUT2D eigenvalue weighted by atomic mass is 35.5. The normalized spacial score (nSPS) is 10.4. The fourth-order valence-corrected chi connectivity index (χ4v) is 1.95. The predicted octanol–water partition coefficient (Wildman–Crippen LogP) is 3.61. The SMILES string of the molecule is CCc1cc(NCc2cccc(Cl)c2)nc(C)n1. The number of hydrogen-bond donors (Lipinski definition) is 1. The fourth-order valence-electron chi connectivity index (χ4n) is 1.74. The molecule has 0 fully saturated rings. The van der Waals surface area contributed by atoms with Gasteiger partial charge in [-0.1, -0.05) is 30.7 Å². The van der Waals surface area contributed by atoms with Gasteiger partial charge in [0.05, 0.1) is 0 Å². The summed E-state index contributed by atoms with van der Waals surface area (Å²) in [7, 11) is 0. The molecule has 0 saturated carbocycles. The van der Waals surface area contributed by atoms with Crippen molar-refractivity contribution in [3.8, 4) is 0 Å². The van der Waals surface area contributed by atoms with Crippen LogP contribution in [0.2, 0.25) is 5.02 Å². The van der Waals surface area contributed by atoms with Gasteiger partial charge >= 0.3 is 0 Å². The minimum absolute atomic E-state index is 0.708. The smallest absolute Gasteiger partial charge is 0.130 e. The highest BCUT2D eigenvalue weighted by Crippen LogP contribution is 2.13. The summed E-state index contributed by atoms with van der Waals surface area (Å²) in [5, 5.41) is 4.05. The van der Waals surface area contributed by atoms with Crippen molar-refractivity contribution in [2.75, 3.05) is 5.32 Å². The van der Waals surface area contributed by atoms with Crippen LogP contribution in [0.1, 0.15) is 24.0 Å². The van der Waals surface area contributed by atoms with Crippen LogP contribution in [0, 0.1) is 6.92 Å². The second-order valence-corrected chi connectivity index (χ2v) is 4.57. The quantitative estimate of drug-likeness (QED) is 0.914. The number of rotatable bonds is 4. The molecule has 94 valence electrons. The van der Waals surface area contributed by atoms with E-state index in [1.807, 2.05) is 37.3 Å². The van der Waals surface area contributed by atoms with Crippen LogP contribution in [0.25, 0.3) is 0 Å². The van der Waals surface area contributed by atoms with Gasteiger partial charge in [0.1, 0.15) is 11.6 Å². The minimum atomic E-state index is 0.708. The predicted molar refractivity (Wildman–Crippen MR) is 74.9 cm³/mol. The van der Waals surface area contributed by atoms with Gasteiger partial charge in [0, 0.05) is 23.3 Å². The van der Waals surface area contributed by atoms with Crippen molar-refractivity contribution >= 4 is 17.4 Å². The Morgan fingerprint density at radius 3 is 2.78 bits per heavy atom. The van der Waals surface area contributed by atoms with E-state index in [0.29, 0.717) is 6.54 Å². The van der Waals surface area contributed by atoms with Crippen molar-refractivity contribution in [3.63, 3.8) is 0 Å². The first-order chi connectivity index (χ1) is 8.67. The van der Waals surface area contributed by atoms with E-state index in [0.717, 1.165) is 34.3 Å². The van der Waals surface area contributed by atoms with Gasteiger partial charge < -0.3 is 5.32 Å². The fraction of sp³-hybridized carbons (Fsp3) is 0.286. The number of halogens is 1. The van der Waals surface area contributed by atoms with Crippen LogP contribution in [0.5, 0.6) is 0 Å². The monoisotopic (exact) mass is 261 g/mol. The molecule has 1 aromatic carbocycles. The van der Waals surface area contributed by atoms with E-state index in [1.165, 1.54) is 0 Å². The largest absolute Gasteiger partial charge is 0.366 e. The lowest BCUT2D eigenvalue weighted by molar-refractivity contribution is 0.941. The van der Waals surface area contributed by atoms with Crippen LogP contribution in [0.15, 0.2) is 30.3 Å². The molecule has 0 atom stereocenters. The molecule has 4 heteroatoms. The van der Waals surface area contributed by atoms with E-state index in [2.05, 4.69) is 22.2 Å². The zero-order chi connectivity index (χ0) is 13.0. The summed E-state index contributed by atoms with van der Waals surface area (Å²) in [5.74, 6) is 1.65. The van der Waals surface area contributed by atoms with Gasteiger partial charge in [0.25, 0.3) is 0 Å². The Bertz CT molecular complexity index is 540. The van der Waals surface area contributed by atoms with E-state index < -0.39 is 0 Å². The maximum Gasteiger partial charge on any atom is 0.130 e. The third-order valence-electron chi connectivity index (χ3n) is 2.62. The van der Waals surface area contributed by atoms with Crippen molar-refractivity contribution in [1.29, 1.82) is 0 Å². The third kappa shape index (κ3) is 3.44. The van der Waals surface area contributed by atoms with E-state index in [4.69, 9.17) is 11.6 Å². The van der Waals surface area contributed by atoms with E-state index >= 15 is 0 Å². The van der Waals surface area contributed by atoms with Crippen molar-refractivity contribution in [1.82, 2.24) is 9.97 Å². The van der Waals surface area contributed by atoms with Crippen LogP contribution in [-0.4, -0.2) is 9.97 Å². The van der Waals surface area contributed by atoms with Crippen molar-refractivity contribution in [2.24, 2.45) is 0 Å². The molecule has 0 aliphatic carbocycles. The lowest BCUT2D eigenvalue weighted by Crippen LogP contribution is -2.04. The number of aromatic nitrogens is 2. The standard InChI is InChI=1S/C14H16ClN3/c1-3-13-8-14(18-10(2)17-13)16-9-11-5-4-6-12(15)7-11/h4-8H,3,9H2,1-2H3,(H,16,17,18). The molecule has 1 N–H and O–H groups in total. The third-order valence-corrected chi connectivity index (χ3v) is 2.85. The lowest BCUT2D eigenvalue weighted by Gasteiger charge is -2.08. The Labute approximate surface area is 112 Å². The van der Waals surface area contributed by atoms with E-state index in [1.54, 1.807) is 0 Å². The Morgan fingerprint density at radius 2 is 2.06 bits per heavy atom. The highest BCUT2D eigenvalue weighted by Gasteiger charge is 2.01. The molecular formula is C14H16ClN3. The van der Waals surface area contributed by atoms with Gasteiger partial charge in [0.15, 0.2) is 0 Å². The Morgan fingerprint density at radius 1 is 1.22 bits per heavy atom. The lowest BCUT2D eigenvalue weighted by atomic mass is 10.2. The van der Waals surface area contributed by atoms with Crippen LogP contribution < -0.4 is 5.32 Å². The summed E-state index contributed by atoms with van der Waals surface area (Å²) in [5.41, 5.74) is 2.19. The number of nitrogens with one attached hydrogen (secondary N) is 1. The molecule has 1 heterocycles. The number of aryl methyl sites for hydroxylation is 2. The molecule has 0 saturated heterocycles. The maximum atomic E-state index is 5.95. The molecule has 0 radical (unpaired) electrons. The summed E-state index contributed by atoms with van der Waals surface area (Å²) in [6.45, 7) is 4.70. The zero-order valence-corrected chi connectivity index (χ0v) is 11.3. The van der Waals surface area contributed by atoms with Crippen LogP contribution >= 0.6 is 11.6 Å². The van der Waals surface area contributed by atoms with Crippen molar-refractivity contribution < 1.29 is 0 Å². The molecule has 0 amide bonds. The molecule has 0 spiro atoms. The molecule has 18 heavy (non-hydrogen) atoms. The molecule has 2 aromatic rings. The van der Waals surface area contributed by atoms with Gasteiger partial charge in [0.2, 0.25) is 0 Å². The summed E-state index contributed by atoms with van der Waals surface area (Å²) >= 11 is 5.95. The Hall–Kier alpha value is -1.61. The topological polar surface area (TPSA) is 37.8 Å². The van der Waals surface area contributed by atoms with Gasteiger partial charge in [-0.05, 0) is 31.0 Å². The van der Waals surface area contributed by atoms with Crippen molar-refractivity contribution in [3.05, 3.63) is 52.4 Å².